The van der Waals surface area contributed by atoms with Crippen LogP contribution in [0.5, 0.6) is 5.75 Å². The van der Waals surface area contributed by atoms with Crippen molar-refractivity contribution in [3.05, 3.63) is 83.2 Å². The Balaban J connectivity index is 1.40. The summed E-state index contributed by atoms with van der Waals surface area (Å²) in [6, 6.07) is 16.0. The van der Waals surface area contributed by atoms with Gasteiger partial charge in [0, 0.05) is 37.6 Å². The topological polar surface area (TPSA) is 67.3 Å². The maximum atomic E-state index is 12.8. The van der Waals surface area contributed by atoms with Crippen molar-refractivity contribution < 1.29 is 9.53 Å². The summed E-state index contributed by atoms with van der Waals surface area (Å²) < 4.78 is 5.35. The quantitative estimate of drug-likeness (QED) is 0.742. The van der Waals surface area contributed by atoms with Crippen LogP contribution >= 0.6 is 0 Å². The first-order valence-corrected chi connectivity index (χ1v) is 9.28. The summed E-state index contributed by atoms with van der Waals surface area (Å²) in [5.41, 5.74) is 4.04. The van der Waals surface area contributed by atoms with Crippen molar-refractivity contribution in [3.63, 3.8) is 0 Å². The second-order valence-corrected chi connectivity index (χ2v) is 6.71. The molecule has 0 fully saturated rings. The molecule has 1 amide bonds. The van der Waals surface area contributed by atoms with Gasteiger partial charge in [0.15, 0.2) is 0 Å². The van der Waals surface area contributed by atoms with Crippen molar-refractivity contribution >= 4 is 11.9 Å². The SMILES string of the molecule is COc1ccccc1CNc1ncc(C(=O)N2CCc3ccccc3C2)cn1. The number of para-hydroxylation sites is 1. The lowest BCUT2D eigenvalue weighted by Gasteiger charge is -2.28. The van der Waals surface area contributed by atoms with E-state index in [1.165, 1.54) is 11.1 Å². The van der Waals surface area contributed by atoms with Gasteiger partial charge in [0.05, 0.1) is 12.7 Å². The Kier molecular flexibility index (Phi) is 5.19. The number of nitrogens with one attached hydrogen (secondary N) is 1. The molecule has 2 heterocycles. The molecule has 1 aromatic heterocycles. The molecule has 2 aromatic carbocycles. The largest absolute Gasteiger partial charge is 0.496 e. The second kappa shape index (κ2) is 8.08. The molecule has 142 valence electrons. The lowest BCUT2D eigenvalue weighted by molar-refractivity contribution is 0.0734. The van der Waals surface area contributed by atoms with Crippen LogP contribution in [0.1, 0.15) is 27.0 Å². The van der Waals surface area contributed by atoms with Crippen LogP contribution < -0.4 is 10.1 Å². The van der Waals surface area contributed by atoms with Gasteiger partial charge >= 0.3 is 0 Å². The van der Waals surface area contributed by atoms with E-state index in [0.717, 1.165) is 17.7 Å². The molecule has 0 bridgehead atoms. The second-order valence-electron chi connectivity index (χ2n) is 6.71. The number of ether oxygens (including phenoxy) is 1. The van der Waals surface area contributed by atoms with Crippen molar-refractivity contribution in [3.8, 4) is 5.75 Å². The van der Waals surface area contributed by atoms with Gasteiger partial charge in [-0.3, -0.25) is 4.79 Å². The summed E-state index contributed by atoms with van der Waals surface area (Å²) >= 11 is 0. The molecular formula is C22H22N4O2. The van der Waals surface area contributed by atoms with Crippen LogP contribution in [-0.2, 0) is 19.5 Å². The minimum atomic E-state index is -0.0363. The van der Waals surface area contributed by atoms with Crippen LogP contribution in [0.4, 0.5) is 5.95 Å². The molecule has 3 aromatic rings. The third-order valence-electron chi connectivity index (χ3n) is 4.95. The van der Waals surface area contributed by atoms with Gasteiger partial charge < -0.3 is 15.0 Å². The van der Waals surface area contributed by atoms with Gasteiger partial charge in [0.2, 0.25) is 5.95 Å². The first-order chi connectivity index (χ1) is 13.7. The monoisotopic (exact) mass is 374 g/mol. The summed E-state index contributed by atoms with van der Waals surface area (Å²) in [5, 5.41) is 3.17. The van der Waals surface area contributed by atoms with Crippen LogP contribution in [0, 0.1) is 0 Å². The fourth-order valence-electron chi connectivity index (χ4n) is 3.40. The highest BCUT2D eigenvalue weighted by atomic mass is 16.5. The zero-order valence-corrected chi connectivity index (χ0v) is 15.8. The Bertz CT molecular complexity index is 972. The molecule has 0 atom stereocenters. The number of methoxy groups -OCH3 is 1. The molecule has 1 aliphatic rings. The molecule has 6 heteroatoms. The fraction of sp³-hybridized carbons (Fsp3) is 0.227. The van der Waals surface area contributed by atoms with Crippen LogP contribution in [0.15, 0.2) is 60.9 Å². The molecular weight excluding hydrogens is 352 g/mol. The van der Waals surface area contributed by atoms with Gasteiger partial charge in [-0.05, 0) is 23.6 Å². The van der Waals surface area contributed by atoms with Crippen LogP contribution in [-0.4, -0.2) is 34.4 Å². The Morgan fingerprint density at radius 3 is 2.57 bits per heavy atom. The Labute approximate surface area is 164 Å². The van der Waals surface area contributed by atoms with Gasteiger partial charge in [-0.15, -0.1) is 0 Å². The molecule has 0 aliphatic carbocycles. The average Bonchev–Trinajstić information content (AvgIpc) is 2.77. The third-order valence-corrected chi connectivity index (χ3v) is 4.95. The van der Waals surface area contributed by atoms with Gasteiger partial charge in [0.25, 0.3) is 5.91 Å². The van der Waals surface area contributed by atoms with E-state index in [-0.39, 0.29) is 5.91 Å². The van der Waals surface area contributed by atoms with Gasteiger partial charge in [-0.2, -0.15) is 0 Å². The zero-order valence-electron chi connectivity index (χ0n) is 15.8. The number of carbonyl (C=O) groups is 1. The Hall–Kier alpha value is -3.41. The van der Waals surface area contributed by atoms with E-state index in [4.69, 9.17) is 4.74 Å². The molecule has 1 N–H and O–H groups in total. The molecule has 4 rings (SSSR count). The summed E-state index contributed by atoms with van der Waals surface area (Å²) in [4.78, 5) is 23.2. The first kappa shape index (κ1) is 18.0. The van der Waals surface area contributed by atoms with E-state index < -0.39 is 0 Å². The van der Waals surface area contributed by atoms with Crippen LogP contribution in [0.25, 0.3) is 0 Å². The number of fused-ring (bicyclic) bond motifs is 1. The lowest BCUT2D eigenvalue weighted by atomic mass is 9.99. The number of aromatic nitrogens is 2. The Morgan fingerprint density at radius 2 is 1.79 bits per heavy atom. The molecule has 0 unspecified atom stereocenters. The van der Waals surface area contributed by atoms with Crippen molar-refractivity contribution in [1.29, 1.82) is 0 Å². The fourth-order valence-corrected chi connectivity index (χ4v) is 3.40. The molecule has 28 heavy (non-hydrogen) atoms. The standard InChI is InChI=1S/C22H22N4O2/c1-28-20-9-5-4-7-17(20)12-23-22-24-13-19(14-25-22)21(27)26-11-10-16-6-2-3-8-18(16)15-26/h2-9,13-14H,10-12,15H2,1H3,(H,23,24,25). The molecule has 0 saturated heterocycles. The number of nitrogens with zero attached hydrogens (tertiary/aromatic N) is 3. The van der Waals surface area contributed by atoms with Crippen molar-refractivity contribution in [2.75, 3.05) is 19.0 Å². The highest BCUT2D eigenvalue weighted by Crippen LogP contribution is 2.21. The van der Waals surface area contributed by atoms with E-state index >= 15 is 0 Å². The number of rotatable bonds is 5. The third kappa shape index (κ3) is 3.81. The van der Waals surface area contributed by atoms with Crippen LogP contribution in [0.2, 0.25) is 0 Å². The first-order valence-electron chi connectivity index (χ1n) is 9.28. The maximum absolute atomic E-state index is 12.8. The minimum Gasteiger partial charge on any atom is -0.496 e. The average molecular weight is 374 g/mol. The minimum absolute atomic E-state index is 0.0363. The summed E-state index contributed by atoms with van der Waals surface area (Å²) in [6.07, 6.45) is 4.04. The van der Waals surface area contributed by atoms with E-state index in [0.29, 0.717) is 31.1 Å². The number of hydrogen-bond donors (Lipinski definition) is 1. The molecule has 6 nitrogen and oxygen atoms in total. The van der Waals surface area contributed by atoms with E-state index in [2.05, 4.69) is 27.4 Å². The molecule has 1 aliphatic heterocycles. The summed E-state index contributed by atoms with van der Waals surface area (Å²) in [7, 11) is 1.65. The van der Waals surface area contributed by atoms with E-state index in [1.807, 2.05) is 41.3 Å². The van der Waals surface area contributed by atoms with Crippen molar-refractivity contribution in [1.82, 2.24) is 14.9 Å². The number of benzene rings is 2. The smallest absolute Gasteiger partial charge is 0.257 e. The normalized spacial score (nSPS) is 13.0. The zero-order chi connectivity index (χ0) is 19.3. The summed E-state index contributed by atoms with van der Waals surface area (Å²) in [5.74, 6) is 1.25. The number of carbonyl (C=O) groups excluding carboxylic acids is 1. The maximum Gasteiger partial charge on any atom is 0.257 e. The van der Waals surface area contributed by atoms with Crippen molar-refractivity contribution in [2.24, 2.45) is 0 Å². The van der Waals surface area contributed by atoms with E-state index in [9.17, 15) is 4.79 Å². The van der Waals surface area contributed by atoms with E-state index in [1.54, 1.807) is 19.5 Å². The molecule has 0 radical (unpaired) electrons. The predicted octanol–water partition coefficient (Wildman–Crippen LogP) is 3.30. The number of hydrogen-bond acceptors (Lipinski definition) is 5. The van der Waals surface area contributed by atoms with Gasteiger partial charge in [-0.25, -0.2) is 9.97 Å². The van der Waals surface area contributed by atoms with Gasteiger partial charge in [-0.1, -0.05) is 42.5 Å². The van der Waals surface area contributed by atoms with Crippen LogP contribution in [0.3, 0.4) is 0 Å². The van der Waals surface area contributed by atoms with Gasteiger partial charge in [0.1, 0.15) is 5.75 Å². The lowest BCUT2D eigenvalue weighted by Crippen LogP contribution is -2.36. The predicted molar refractivity (Wildman–Crippen MR) is 107 cm³/mol. The Morgan fingerprint density at radius 1 is 1.07 bits per heavy atom. The van der Waals surface area contributed by atoms with Crippen molar-refractivity contribution in [2.45, 2.75) is 19.5 Å². The highest BCUT2D eigenvalue weighted by Gasteiger charge is 2.22. The molecule has 0 saturated carbocycles. The summed E-state index contributed by atoms with van der Waals surface area (Å²) in [6.45, 7) is 1.88. The highest BCUT2D eigenvalue weighted by molar-refractivity contribution is 5.93. The number of anilines is 1. The number of amides is 1. The molecule has 0 spiro atoms.